The van der Waals surface area contributed by atoms with Gasteiger partial charge in [-0.3, -0.25) is 4.79 Å². The third-order valence-electron chi connectivity index (χ3n) is 5.60. The van der Waals surface area contributed by atoms with Gasteiger partial charge >= 0.3 is 6.09 Å². The number of fused-ring (bicyclic) bond motifs is 1. The summed E-state index contributed by atoms with van der Waals surface area (Å²) in [5.41, 5.74) is 1.54. The topological polar surface area (TPSA) is 54.8 Å². The molecule has 2 aromatic heterocycles. The lowest BCUT2D eigenvalue weighted by atomic mass is 10.0. The molecule has 0 aliphatic carbocycles. The molecule has 0 unspecified atom stereocenters. The lowest BCUT2D eigenvalue weighted by Gasteiger charge is -2.35. The van der Waals surface area contributed by atoms with Crippen LogP contribution >= 0.6 is 11.3 Å². The summed E-state index contributed by atoms with van der Waals surface area (Å²) < 4.78 is 7.60. The van der Waals surface area contributed by atoms with Gasteiger partial charge in [0.1, 0.15) is 11.3 Å². The monoisotopic (exact) mass is 415 g/mol. The zero-order valence-electron chi connectivity index (χ0n) is 17.4. The molecule has 2 aromatic rings. The van der Waals surface area contributed by atoms with Gasteiger partial charge in [-0.25, -0.2) is 4.79 Å². The predicted octanol–water partition coefficient (Wildman–Crippen LogP) is 4.32. The highest BCUT2D eigenvalue weighted by Crippen LogP contribution is 2.28. The molecule has 4 heterocycles. The summed E-state index contributed by atoms with van der Waals surface area (Å²) in [6.07, 6.45) is 4.33. The van der Waals surface area contributed by atoms with Crippen molar-refractivity contribution in [2.45, 2.75) is 58.2 Å². The molecule has 156 valence electrons. The van der Waals surface area contributed by atoms with E-state index >= 15 is 0 Å². The van der Waals surface area contributed by atoms with E-state index in [0.29, 0.717) is 19.6 Å². The summed E-state index contributed by atoms with van der Waals surface area (Å²) in [6.45, 7) is 8.41. The fourth-order valence-corrected chi connectivity index (χ4v) is 5.02. The van der Waals surface area contributed by atoms with Crippen molar-refractivity contribution in [3.05, 3.63) is 45.9 Å². The number of thiophene rings is 1. The Balaban J connectivity index is 1.40. The molecule has 6 nitrogen and oxygen atoms in total. The van der Waals surface area contributed by atoms with Gasteiger partial charge in [0.2, 0.25) is 0 Å². The van der Waals surface area contributed by atoms with Gasteiger partial charge in [-0.05, 0) is 69.2 Å². The molecule has 1 fully saturated rings. The van der Waals surface area contributed by atoms with Crippen molar-refractivity contribution < 1.29 is 14.3 Å². The number of likely N-dealkylation sites (tertiary alicyclic amines) is 1. The highest BCUT2D eigenvalue weighted by atomic mass is 32.1. The molecule has 0 aromatic carbocycles. The molecule has 0 N–H and O–H groups in total. The number of nitrogens with zero attached hydrogens (tertiary/aromatic N) is 3. The number of amides is 2. The Morgan fingerprint density at radius 1 is 1.10 bits per heavy atom. The molecule has 1 saturated heterocycles. The van der Waals surface area contributed by atoms with Crippen LogP contribution in [-0.2, 0) is 17.7 Å². The van der Waals surface area contributed by atoms with Gasteiger partial charge in [0, 0.05) is 43.3 Å². The van der Waals surface area contributed by atoms with Gasteiger partial charge in [-0.1, -0.05) is 0 Å². The number of carbonyl (C=O) groups is 2. The Kier molecular flexibility index (Phi) is 5.42. The molecule has 0 saturated carbocycles. The maximum absolute atomic E-state index is 13.2. The van der Waals surface area contributed by atoms with E-state index in [-0.39, 0.29) is 18.0 Å². The van der Waals surface area contributed by atoms with Crippen LogP contribution in [0.1, 0.15) is 60.6 Å². The second kappa shape index (κ2) is 7.86. The van der Waals surface area contributed by atoms with Crippen LogP contribution in [0.4, 0.5) is 4.79 Å². The van der Waals surface area contributed by atoms with Crippen LogP contribution in [0.5, 0.6) is 0 Å². The molecule has 0 radical (unpaired) electrons. The van der Waals surface area contributed by atoms with Crippen molar-refractivity contribution in [1.29, 1.82) is 0 Å². The second-order valence-corrected chi connectivity index (χ2v) is 9.85. The van der Waals surface area contributed by atoms with Crippen LogP contribution in [0, 0.1) is 0 Å². The van der Waals surface area contributed by atoms with Crippen molar-refractivity contribution >= 4 is 23.3 Å². The van der Waals surface area contributed by atoms with Crippen molar-refractivity contribution in [1.82, 2.24) is 14.4 Å². The third kappa shape index (κ3) is 4.34. The van der Waals surface area contributed by atoms with E-state index in [4.69, 9.17) is 4.74 Å². The van der Waals surface area contributed by atoms with Crippen LogP contribution in [0.25, 0.3) is 0 Å². The first-order chi connectivity index (χ1) is 13.8. The van der Waals surface area contributed by atoms with Crippen molar-refractivity contribution in [2.24, 2.45) is 0 Å². The van der Waals surface area contributed by atoms with Crippen LogP contribution in [-0.4, -0.2) is 51.6 Å². The maximum Gasteiger partial charge on any atom is 0.410 e. The predicted molar refractivity (Wildman–Crippen MR) is 113 cm³/mol. The number of rotatable bonds is 2. The first-order valence-corrected chi connectivity index (χ1v) is 11.2. The average Bonchev–Trinajstić information content (AvgIpc) is 3.35. The van der Waals surface area contributed by atoms with Crippen LogP contribution in [0.15, 0.2) is 29.8 Å². The molecular weight excluding hydrogens is 386 g/mol. The summed E-state index contributed by atoms with van der Waals surface area (Å²) in [7, 11) is 0. The summed E-state index contributed by atoms with van der Waals surface area (Å²) >= 11 is 1.78. The van der Waals surface area contributed by atoms with Gasteiger partial charge in [-0.2, -0.15) is 0 Å². The fraction of sp³-hybridized carbons (Fsp3) is 0.545. The molecule has 2 aliphatic heterocycles. The number of ether oxygens (including phenoxy) is 1. The first kappa shape index (κ1) is 20.0. The number of piperidine rings is 1. The lowest BCUT2D eigenvalue weighted by Crippen LogP contribution is -2.42. The van der Waals surface area contributed by atoms with Crippen LogP contribution in [0.3, 0.4) is 0 Å². The van der Waals surface area contributed by atoms with E-state index in [1.807, 2.05) is 44.0 Å². The first-order valence-electron chi connectivity index (χ1n) is 10.3. The molecule has 0 bridgehead atoms. The Bertz CT molecular complexity index is 887. The van der Waals surface area contributed by atoms with E-state index in [9.17, 15) is 9.59 Å². The molecule has 7 heteroatoms. The molecule has 2 amide bonds. The summed E-state index contributed by atoms with van der Waals surface area (Å²) in [4.78, 5) is 30.6. The Morgan fingerprint density at radius 2 is 1.86 bits per heavy atom. The standard InChI is InChI=1S/C22H29N3O3S/c1-22(2,3)28-21(27)23-11-6-17(7-12-23)25-10-4-5-18(25)20(26)24-13-8-19-16(15-24)9-14-29-19/h4-5,9-10,14,17H,6-8,11-13,15H2,1-3H3. The number of aromatic nitrogens is 1. The molecular formula is C22H29N3O3S. The molecule has 2 aliphatic rings. The fourth-order valence-electron chi connectivity index (χ4n) is 4.13. The smallest absolute Gasteiger partial charge is 0.410 e. The largest absolute Gasteiger partial charge is 0.444 e. The summed E-state index contributed by atoms with van der Waals surface area (Å²) in [5.74, 6) is 0.0985. The molecule has 0 atom stereocenters. The SMILES string of the molecule is CC(C)(C)OC(=O)N1CCC(n2cccc2C(=O)N2CCc3sccc3C2)CC1. The minimum Gasteiger partial charge on any atom is -0.444 e. The third-order valence-corrected chi connectivity index (χ3v) is 6.63. The summed E-state index contributed by atoms with van der Waals surface area (Å²) in [5, 5.41) is 2.11. The zero-order chi connectivity index (χ0) is 20.6. The molecule has 0 spiro atoms. The van der Waals surface area contributed by atoms with Crippen molar-refractivity contribution in [3.8, 4) is 0 Å². The quantitative estimate of drug-likeness (QED) is 0.734. The highest BCUT2D eigenvalue weighted by Gasteiger charge is 2.30. The minimum absolute atomic E-state index is 0.0985. The normalized spacial score (nSPS) is 17.9. The minimum atomic E-state index is -0.481. The maximum atomic E-state index is 13.2. The van der Waals surface area contributed by atoms with Gasteiger partial charge in [0.15, 0.2) is 0 Å². The van der Waals surface area contributed by atoms with Crippen molar-refractivity contribution in [2.75, 3.05) is 19.6 Å². The Labute approximate surface area is 176 Å². The second-order valence-electron chi connectivity index (χ2n) is 8.84. The van der Waals surface area contributed by atoms with Gasteiger partial charge < -0.3 is 19.1 Å². The Hall–Kier alpha value is -2.28. The molecule has 4 rings (SSSR count). The zero-order valence-corrected chi connectivity index (χ0v) is 18.2. The number of hydrogen-bond acceptors (Lipinski definition) is 4. The van der Waals surface area contributed by atoms with E-state index in [1.54, 1.807) is 16.2 Å². The van der Waals surface area contributed by atoms with E-state index in [0.717, 1.165) is 31.5 Å². The average molecular weight is 416 g/mol. The van der Waals surface area contributed by atoms with E-state index in [1.165, 1.54) is 10.4 Å². The van der Waals surface area contributed by atoms with Gasteiger partial charge in [0.25, 0.3) is 5.91 Å². The highest BCUT2D eigenvalue weighted by molar-refractivity contribution is 7.10. The van der Waals surface area contributed by atoms with Crippen molar-refractivity contribution in [3.63, 3.8) is 0 Å². The molecule has 29 heavy (non-hydrogen) atoms. The van der Waals surface area contributed by atoms with Crippen LogP contribution in [0.2, 0.25) is 0 Å². The van der Waals surface area contributed by atoms with E-state index < -0.39 is 5.60 Å². The lowest BCUT2D eigenvalue weighted by molar-refractivity contribution is 0.0186. The van der Waals surface area contributed by atoms with Gasteiger partial charge in [0.05, 0.1) is 0 Å². The Morgan fingerprint density at radius 3 is 2.59 bits per heavy atom. The number of carbonyl (C=O) groups excluding carboxylic acids is 2. The number of hydrogen-bond donors (Lipinski definition) is 0. The van der Waals surface area contributed by atoms with Gasteiger partial charge in [-0.15, -0.1) is 11.3 Å². The van der Waals surface area contributed by atoms with Crippen LogP contribution < -0.4 is 0 Å². The van der Waals surface area contributed by atoms with E-state index in [2.05, 4.69) is 16.0 Å². The summed E-state index contributed by atoms with van der Waals surface area (Å²) in [6, 6.07) is 6.23.